The van der Waals surface area contributed by atoms with Gasteiger partial charge >= 0.3 is 0 Å². The lowest BCUT2D eigenvalue weighted by atomic mass is 10.1. The van der Waals surface area contributed by atoms with Gasteiger partial charge in [-0.05, 0) is 31.8 Å². The van der Waals surface area contributed by atoms with Crippen molar-refractivity contribution >= 4 is 5.91 Å². The minimum Gasteiger partial charge on any atom is -0.318 e. The number of carbonyl (C=O) groups is 1. The van der Waals surface area contributed by atoms with Crippen LogP contribution in [0, 0.1) is 0 Å². The fourth-order valence-corrected chi connectivity index (χ4v) is 1.54. The molecular formula is C12H20N4O. The molecule has 1 aromatic rings. The number of amides is 1. The number of nitrogens with two attached hydrogens (primary N) is 1. The number of hydrogen-bond donors (Lipinski definition) is 3. The predicted octanol–water partition coefficient (Wildman–Crippen LogP) is -0.0587. The van der Waals surface area contributed by atoms with Gasteiger partial charge in [0, 0.05) is 25.2 Å². The molecule has 0 unspecified atom stereocenters. The van der Waals surface area contributed by atoms with E-state index < -0.39 is 0 Å². The van der Waals surface area contributed by atoms with Gasteiger partial charge < -0.3 is 10.2 Å². The first kappa shape index (κ1) is 13.6. The van der Waals surface area contributed by atoms with Gasteiger partial charge in [-0.1, -0.05) is 12.1 Å². The van der Waals surface area contributed by atoms with Gasteiger partial charge in [0.05, 0.1) is 0 Å². The first-order chi connectivity index (χ1) is 8.17. The number of rotatable bonds is 6. The Morgan fingerprint density at radius 3 is 2.53 bits per heavy atom. The zero-order valence-corrected chi connectivity index (χ0v) is 10.4. The number of nitrogens with zero attached hydrogens (tertiary/aromatic N) is 1. The van der Waals surface area contributed by atoms with E-state index in [2.05, 4.69) is 22.7 Å². The smallest absolute Gasteiger partial charge is 0.265 e. The van der Waals surface area contributed by atoms with Crippen LogP contribution >= 0.6 is 0 Å². The van der Waals surface area contributed by atoms with Crippen LogP contribution in [0.15, 0.2) is 24.3 Å². The summed E-state index contributed by atoms with van der Waals surface area (Å²) in [6.07, 6.45) is 0. The van der Waals surface area contributed by atoms with Crippen LogP contribution in [0.1, 0.15) is 15.9 Å². The van der Waals surface area contributed by atoms with Crippen molar-refractivity contribution in [3.63, 3.8) is 0 Å². The molecule has 1 amide bonds. The van der Waals surface area contributed by atoms with Crippen LogP contribution in [-0.4, -0.2) is 38.0 Å². The molecule has 0 atom stereocenters. The Kier molecular flexibility index (Phi) is 5.62. The summed E-state index contributed by atoms with van der Waals surface area (Å²) in [5.74, 6) is 4.80. The van der Waals surface area contributed by atoms with Gasteiger partial charge in [0.25, 0.3) is 5.91 Å². The molecule has 5 nitrogen and oxygen atoms in total. The average Bonchev–Trinajstić information content (AvgIpc) is 2.36. The van der Waals surface area contributed by atoms with Crippen molar-refractivity contribution in [2.75, 3.05) is 27.2 Å². The first-order valence-electron chi connectivity index (χ1n) is 5.60. The number of nitrogens with one attached hydrogen (secondary N) is 2. The van der Waals surface area contributed by atoms with Gasteiger partial charge in [-0.3, -0.25) is 10.2 Å². The number of hydrazine groups is 1. The van der Waals surface area contributed by atoms with E-state index in [9.17, 15) is 4.79 Å². The molecule has 17 heavy (non-hydrogen) atoms. The molecule has 0 fully saturated rings. The number of likely N-dealkylation sites (N-methyl/N-ethyl adjacent to an activating group) is 2. The predicted molar refractivity (Wildman–Crippen MR) is 68.4 cm³/mol. The highest BCUT2D eigenvalue weighted by molar-refractivity contribution is 5.93. The van der Waals surface area contributed by atoms with E-state index in [1.165, 1.54) is 5.56 Å². The highest BCUT2D eigenvalue weighted by atomic mass is 16.2. The Bertz CT molecular complexity index is 350. The van der Waals surface area contributed by atoms with E-state index in [0.717, 1.165) is 19.6 Å². The molecule has 0 radical (unpaired) electrons. The van der Waals surface area contributed by atoms with Gasteiger partial charge in [0.15, 0.2) is 0 Å². The molecule has 0 saturated heterocycles. The third kappa shape index (κ3) is 4.52. The Morgan fingerprint density at radius 1 is 1.35 bits per heavy atom. The molecule has 0 aromatic heterocycles. The molecule has 5 heteroatoms. The fraction of sp³-hybridized carbons (Fsp3) is 0.417. The topological polar surface area (TPSA) is 70.4 Å². The molecule has 1 rings (SSSR count). The normalized spacial score (nSPS) is 10.6. The summed E-state index contributed by atoms with van der Waals surface area (Å²) >= 11 is 0. The van der Waals surface area contributed by atoms with E-state index in [-0.39, 0.29) is 5.91 Å². The second-order valence-electron chi connectivity index (χ2n) is 4.01. The van der Waals surface area contributed by atoms with Crippen molar-refractivity contribution in [1.82, 2.24) is 15.6 Å². The molecule has 0 aliphatic rings. The number of hydrogen-bond acceptors (Lipinski definition) is 4. The summed E-state index contributed by atoms with van der Waals surface area (Å²) in [6.45, 7) is 2.82. The van der Waals surface area contributed by atoms with E-state index in [1.54, 1.807) is 12.1 Å². The van der Waals surface area contributed by atoms with Crippen molar-refractivity contribution < 1.29 is 4.79 Å². The lowest BCUT2D eigenvalue weighted by Gasteiger charge is -2.16. The summed E-state index contributed by atoms with van der Waals surface area (Å²) in [4.78, 5) is 13.5. The number of nitrogen functional groups attached to an aromatic ring is 1. The second-order valence-corrected chi connectivity index (χ2v) is 4.01. The maximum atomic E-state index is 11.2. The largest absolute Gasteiger partial charge is 0.318 e. The standard InChI is InChI=1S/C12H20N4O/c1-14-7-8-16(2)9-10-3-5-11(6-4-10)12(17)15-13/h3-6,14H,7-9,13H2,1-2H3,(H,15,17). The molecule has 0 saturated carbocycles. The minimum absolute atomic E-state index is 0.264. The zero-order valence-electron chi connectivity index (χ0n) is 10.4. The van der Waals surface area contributed by atoms with E-state index in [0.29, 0.717) is 5.56 Å². The first-order valence-corrected chi connectivity index (χ1v) is 5.60. The average molecular weight is 236 g/mol. The molecular weight excluding hydrogens is 216 g/mol. The van der Waals surface area contributed by atoms with Gasteiger partial charge in [-0.15, -0.1) is 0 Å². The van der Waals surface area contributed by atoms with Crippen LogP contribution in [0.3, 0.4) is 0 Å². The monoisotopic (exact) mass is 236 g/mol. The Balaban J connectivity index is 2.53. The molecule has 0 spiro atoms. The zero-order chi connectivity index (χ0) is 12.7. The third-order valence-corrected chi connectivity index (χ3v) is 2.54. The van der Waals surface area contributed by atoms with Crippen molar-refractivity contribution in [3.8, 4) is 0 Å². The molecule has 0 aliphatic carbocycles. The fourth-order valence-electron chi connectivity index (χ4n) is 1.54. The maximum Gasteiger partial charge on any atom is 0.265 e. The summed E-state index contributed by atoms with van der Waals surface area (Å²) in [6, 6.07) is 7.45. The molecule has 4 N–H and O–H groups in total. The second kappa shape index (κ2) is 7.01. The van der Waals surface area contributed by atoms with Crippen molar-refractivity contribution in [2.24, 2.45) is 5.84 Å². The number of benzene rings is 1. The SMILES string of the molecule is CNCCN(C)Cc1ccc(C(=O)NN)cc1. The van der Waals surface area contributed by atoms with Crippen molar-refractivity contribution in [3.05, 3.63) is 35.4 Å². The van der Waals surface area contributed by atoms with Crippen LogP contribution < -0.4 is 16.6 Å². The number of carbonyl (C=O) groups excluding carboxylic acids is 1. The van der Waals surface area contributed by atoms with Gasteiger partial charge in [0.1, 0.15) is 0 Å². The Morgan fingerprint density at radius 2 is 2.00 bits per heavy atom. The molecule has 0 heterocycles. The maximum absolute atomic E-state index is 11.2. The summed E-state index contributed by atoms with van der Waals surface area (Å²) in [5, 5.41) is 3.11. The minimum atomic E-state index is -0.264. The highest BCUT2D eigenvalue weighted by Crippen LogP contribution is 2.06. The van der Waals surface area contributed by atoms with Crippen LogP contribution in [0.25, 0.3) is 0 Å². The third-order valence-electron chi connectivity index (χ3n) is 2.54. The van der Waals surface area contributed by atoms with Crippen molar-refractivity contribution in [1.29, 1.82) is 0 Å². The van der Waals surface area contributed by atoms with Gasteiger partial charge in [-0.25, -0.2) is 5.84 Å². The van der Waals surface area contributed by atoms with Gasteiger partial charge in [-0.2, -0.15) is 0 Å². The lowest BCUT2D eigenvalue weighted by molar-refractivity contribution is 0.0953. The molecule has 0 aliphatic heterocycles. The Hall–Kier alpha value is -1.43. The van der Waals surface area contributed by atoms with Crippen LogP contribution in [0.2, 0.25) is 0 Å². The van der Waals surface area contributed by atoms with E-state index >= 15 is 0 Å². The molecule has 0 bridgehead atoms. The van der Waals surface area contributed by atoms with Gasteiger partial charge in [0.2, 0.25) is 0 Å². The molecule has 94 valence electrons. The molecule has 1 aromatic carbocycles. The van der Waals surface area contributed by atoms with E-state index in [4.69, 9.17) is 5.84 Å². The Labute approximate surface area is 102 Å². The quantitative estimate of drug-likeness (QED) is 0.368. The van der Waals surface area contributed by atoms with Crippen LogP contribution in [0.5, 0.6) is 0 Å². The highest BCUT2D eigenvalue weighted by Gasteiger charge is 2.04. The van der Waals surface area contributed by atoms with Crippen LogP contribution in [-0.2, 0) is 6.54 Å². The van der Waals surface area contributed by atoms with E-state index in [1.807, 2.05) is 19.2 Å². The summed E-state index contributed by atoms with van der Waals surface area (Å²) in [5.41, 5.74) is 3.87. The summed E-state index contributed by atoms with van der Waals surface area (Å²) in [7, 11) is 4.01. The lowest BCUT2D eigenvalue weighted by Crippen LogP contribution is -2.30. The summed E-state index contributed by atoms with van der Waals surface area (Å²) < 4.78 is 0. The van der Waals surface area contributed by atoms with Crippen LogP contribution in [0.4, 0.5) is 0 Å². The van der Waals surface area contributed by atoms with Crippen molar-refractivity contribution in [2.45, 2.75) is 6.54 Å².